The lowest BCUT2D eigenvalue weighted by Gasteiger charge is -2.06. The first kappa shape index (κ1) is 8.28. The summed E-state index contributed by atoms with van der Waals surface area (Å²) in [5.74, 6) is 0. The fraction of sp³-hybridized carbons (Fsp3) is 0.364. The third-order valence-electron chi connectivity index (χ3n) is 2.81. The maximum atomic E-state index is 8.89. The topological polar surface area (TPSA) is 36.3 Å². The predicted molar refractivity (Wildman–Crippen MR) is 48.9 cm³/mol. The Morgan fingerprint density at radius 3 is 2.31 bits per heavy atom. The van der Waals surface area contributed by atoms with E-state index in [1.165, 1.54) is 0 Å². The van der Waals surface area contributed by atoms with Gasteiger partial charge in [0.2, 0.25) is 0 Å². The SMILES string of the molecule is C[C@@]1(c2ccccc2)O[C@@]1(C)C#N. The monoisotopic (exact) mass is 173 g/mol. The lowest BCUT2D eigenvalue weighted by Crippen LogP contribution is -2.15. The van der Waals surface area contributed by atoms with E-state index < -0.39 is 11.2 Å². The van der Waals surface area contributed by atoms with Crippen LogP contribution in [0.15, 0.2) is 30.3 Å². The van der Waals surface area contributed by atoms with Crippen LogP contribution >= 0.6 is 0 Å². The number of nitriles is 1. The van der Waals surface area contributed by atoms with Crippen molar-refractivity contribution >= 4 is 0 Å². The van der Waals surface area contributed by atoms with Crippen molar-refractivity contribution in [2.45, 2.75) is 25.0 Å². The van der Waals surface area contributed by atoms with Crippen molar-refractivity contribution < 1.29 is 4.74 Å². The predicted octanol–water partition coefficient (Wildman–Crippen LogP) is 2.21. The zero-order chi connectivity index (χ0) is 9.53. The van der Waals surface area contributed by atoms with Gasteiger partial charge in [-0.1, -0.05) is 30.3 Å². The van der Waals surface area contributed by atoms with Crippen molar-refractivity contribution in [1.29, 1.82) is 5.26 Å². The Kier molecular flexibility index (Phi) is 1.49. The highest BCUT2D eigenvalue weighted by Crippen LogP contribution is 2.54. The summed E-state index contributed by atoms with van der Waals surface area (Å²) in [7, 11) is 0. The normalized spacial score (nSPS) is 36.7. The van der Waals surface area contributed by atoms with Crippen LogP contribution in [-0.4, -0.2) is 5.60 Å². The van der Waals surface area contributed by atoms with Crippen LogP contribution in [0.25, 0.3) is 0 Å². The first-order valence-electron chi connectivity index (χ1n) is 4.29. The minimum absolute atomic E-state index is 0.414. The van der Waals surface area contributed by atoms with Gasteiger partial charge in [-0.2, -0.15) is 5.26 Å². The van der Waals surface area contributed by atoms with Crippen LogP contribution in [0, 0.1) is 11.3 Å². The average Bonchev–Trinajstić information content (AvgIpc) is 2.74. The standard InChI is InChI=1S/C11H11NO/c1-10(8-12)11(2,13-10)9-6-4-3-5-7-9/h3-7H,1-2H3/t10-,11-/m0/s1. The molecule has 1 saturated heterocycles. The van der Waals surface area contributed by atoms with Gasteiger partial charge in [0, 0.05) is 0 Å². The molecule has 0 spiro atoms. The summed E-state index contributed by atoms with van der Waals surface area (Å²) in [6.07, 6.45) is 0. The summed E-state index contributed by atoms with van der Waals surface area (Å²) in [6.45, 7) is 3.77. The van der Waals surface area contributed by atoms with Gasteiger partial charge < -0.3 is 4.74 Å². The fourth-order valence-corrected chi connectivity index (χ4v) is 1.60. The van der Waals surface area contributed by atoms with E-state index in [-0.39, 0.29) is 0 Å². The number of nitrogens with zero attached hydrogens (tertiary/aromatic N) is 1. The average molecular weight is 173 g/mol. The van der Waals surface area contributed by atoms with Gasteiger partial charge in [-0.15, -0.1) is 0 Å². The molecule has 2 rings (SSSR count). The maximum absolute atomic E-state index is 8.89. The molecule has 0 aliphatic carbocycles. The van der Waals surface area contributed by atoms with Crippen LogP contribution in [0.4, 0.5) is 0 Å². The lowest BCUT2D eigenvalue weighted by atomic mass is 9.90. The van der Waals surface area contributed by atoms with Crippen molar-refractivity contribution in [2.75, 3.05) is 0 Å². The fourth-order valence-electron chi connectivity index (χ4n) is 1.60. The first-order valence-corrected chi connectivity index (χ1v) is 4.29. The van der Waals surface area contributed by atoms with Gasteiger partial charge >= 0.3 is 0 Å². The number of ether oxygens (including phenoxy) is 1. The smallest absolute Gasteiger partial charge is 0.185 e. The van der Waals surface area contributed by atoms with Gasteiger partial charge in [-0.3, -0.25) is 0 Å². The summed E-state index contributed by atoms with van der Waals surface area (Å²) < 4.78 is 5.47. The Hall–Kier alpha value is -1.33. The van der Waals surface area contributed by atoms with Gasteiger partial charge in [0.25, 0.3) is 0 Å². The molecule has 1 fully saturated rings. The van der Waals surface area contributed by atoms with E-state index in [9.17, 15) is 0 Å². The maximum Gasteiger partial charge on any atom is 0.185 e. The Bertz CT molecular complexity index is 367. The molecule has 1 aromatic rings. The van der Waals surface area contributed by atoms with Gasteiger partial charge in [-0.25, -0.2) is 0 Å². The van der Waals surface area contributed by atoms with Crippen LogP contribution in [0.3, 0.4) is 0 Å². The van der Waals surface area contributed by atoms with E-state index >= 15 is 0 Å². The molecular formula is C11H11NO. The summed E-state index contributed by atoms with van der Waals surface area (Å²) in [5.41, 5.74) is 0.0104. The highest BCUT2D eigenvalue weighted by atomic mass is 16.6. The molecule has 0 radical (unpaired) electrons. The molecule has 1 aromatic carbocycles. The molecule has 0 N–H and O–H groups in total. The third kappa shape index (κ3) is 0.976. The number of epoxide rings is 1. The summed E-state index contributed by atoms with van der Waals surface area (Å²) in [4.78, 5) is 0. The zero-order valence-corrected chi connectivity index (χ0v) is 7.74. The lowest BCUT2D eigenvalue weighted by molar-refractivity contribution is 0.300. The molecule has 1 aliphatic heterocycles. The number of benzene rings is 1. The Morgan fingerprint density at radius 2 is 1.85 bits per heavy atom. The second-order valence-electron chi connectivity index (χ2n) is 3.65. The molecule has 1 heterocycles. The quantitative estimate of drug-likeness (QED) is 0.610. The number of rotatable bonds is 1. The van der Waals surface area contributed by atoms with Crippen molar-refractivity contribution in [1.82, 2.24) is 0 Å². The van der Waals surface area contributed by atoms with E-state index in [0.29, 0.717) is 0 Å². The summed E-state index contributed by atoms with van der Waals surface area (Å²) >= 11 is 0. The van der Waals surface area contributed by atoms with Crippen molar-refractivity contribution in [3.05, 3.63) is 35.9 Å². The Balaban J connectivity index is 2.37. The van der Waals surface area contributed by atoms with Crippen LogP contribution in [-0.2, 0) is 10.3 Å². The molecule has 13 heavy (non-hydrogen) atoms. The minimum Gasteiger partial charge on any atom is -0.342 e. The van der Waals surface area contributed by atoms with Crippen LogP contribution in [0.5, 0.6) is 0 Å². The van der Waals surface area contributed by atoms with Gasteiger partial charge in [0.05, 0.1) is 0 Å². The second kappa shape index (κ2) is 2.34. The van der Waals surface area contributed by atoms with Crippen LogP contribution in [0.1, 0.15) is 19.4 Å². The van der Waals surface area contributed by atoms with E-state index in [4.69, 9.17) is 10.00 Å². The molecule has 2 nitrogen and oxygen atoms in total. The highest BCUT2D eigenvalue weighted by Gasteiger charge is 2.65. The van der Waals surface area contributed by atoms with Crippen LogP contribution in [0.2, 0.25) is 0 Å². The molecular weight excluding hydrogens is 162 g/mol. The molecule has 0 bridgehead atoms. The number of hydrogen-bond acceptors (Lipinski definition) is 2. The molecule has 2 atom stereocenters. The Labute approximate surface area is 77.8 Å². The summed E-state index contributed by atoms with van der Waals surface area (Å²) in [6, 6.07) is 12.0. The Morgan fingerprint density at radius 1 is 1.23 bits per heavy atom. The van der Waals surface area contributed by atoms with Crippen molar-refractivity contribution in [2.24, 2.45) is 0 Å². The van der Waals surface area contributed by atoms with Gasteiger partial charge in [0.1, 0.15) is 11.7 Å². The summed E-state index contributed by atoms with van der Waals surface area (Å²) in [5, 5.41) is 8.89. The molecule has 0 unspecified atom stereocenters. The third-order valence-corrected chi connectivity index (χ3v) is 2.81. The zero-order valence-electron chi connectivity index (χ0n) is 7.74. The first-order chi connectivity index (χ1) is 6.12. The van der Waals surface area contributed by atoms with E-state index in [0.717, 1.165) is 5.56 Å². The molecule has 0 aromatic heterocycles. The van der Waals surface area contributed by atoms with E-state index in [1.807, 2.05) is 44.2 Å². The van der Waals surface area contributed by atoms with Crippen molar-refractivity contribution in [3.8, 4) is 6.07 Å². The highest BCUT2D eigenvalue weighted by molar-refractivity contribution is 5.36. The van der Waals surface area contributed by atoms with E-state index in [1.54, 1.807) is 0 Å². The van der Waals surface area contributed by atoms with Crippen LogP contribution < -0.4 is 0 Å². The molecule has 2 heteroatoms. The van der Waals surface area contributed by atoms with E-state index in [2.05, 4.69) is 6.07 Å². The van der Waals surface area contributed by atoms with Gasteiger partial charge in [-0.05, 0) is 19.4 Å². The largest absolute Gasteiger partial charge is 0.342 e. The van der Waals surface area contributed by atoms with Gasteiger partial charge in [0.15, 0.2) is 5.60 Å². The molecule has 66 valence electrons. The second-order valence-corrected chi connectivity index (χ2v) is 3.65. The molecule has 1 aliphatic rings. The minimum atomic E-state index is -0.644. The number of hydrogen-bond donors (Lipinski definition) is 0. The van der Waals surface area contributed by atoms with Crippen molar-refractivity contribution in [3.63, 3.8) is 0 Å². The molecule has 0 amide bonds. The molecule has 0 saturated carbocycles.